The van der Waals surface area contributed by atoms with Crippen molar-refractivity contribution in [3.8, 4) is 0 Å². The maximum absolute atomic E-state index is 6.13. The van der Waals surface area contributed by atoms with Crippen molar-refractivity contribution in [2.75, 3.05) is 23.4 Å². The molecule has 1 aliphatic heterocycles. The van der Waals surface area contributed by atoms with Crippen LogP contribution in [0.2, 0.25) is 0 Å². The number of anilines is 1. The number of thioether (sulfide) groups is 1. The van der Waals surface area contributed by atoms with Crippen molar-refractivity contribution in [3.05, 3.63) is 27.7 Å². The van der Waals surface area contributed by atoms with E-state index in [1.165, 1.54) is 27.0 Å². The molecule has 0 bridgehead atoms. The van der Waals surface area contributed by atoms with E-state index < -0.39 is 0 Å². The van der Waals surface area contributed by atoms with Gasteiger partial charge in [0.05, 0.1) is 5.54 Å². The lowest BCUT2D eigenvalue weighted by molar-refractivity contribution is 0.290. The maximum Gasteiger partial charge on any atom is 0.0591 e. The Morgan fingerprint density at radius 1 is 1.25 bits per heavy atom. The monoisotopic (exact) mass is 356 g/mol. The van der Waals surface area contributed by atoms with Gasteiger partial charge in [-0.05, 0) is 54.7 Å². The molecule has 112 valence electrons. The zero-order chi connectivity index (χ0) is 15.0. The van der Waals surface area contributed by atoms with Crippen molar-refractivity contribution in [1.29, 1.82) is 0 Å². The number of nitrogens with two attached hydrogens (primary N) is 1. The highest BCUT2D eigenvalue weighted by atomic mass is 79.9. The summed E-state index contributed by atoms with van der Waals surface area (Å²) in [6, 6.07) is 4.42. The van der Waals surface area contributed by atoms with Crippen LogP contribution in [0, 0.1) is 19.3 Å². The maximum atomic E-state index is 6.13. The minimum Gasteiger partial charge on any atom is -0.377 e. The summed E-state index contributed by atoms with van der Waals surface area (Å²) in [6.07, 6.45) is 1.12. The molecule has 1 aromatic rings. The Morgan fingerprint density at radius 2 is 1.85 bits per heavy atom. The van der Waals surface area contributed by atoms with Crippen molar-refractivity contribution in [1.82, 2.24) is 0 Å². The molecular weight excluding hydrogens is 332 g/mol. The fraction of sp³-hybridized carbons (Fsp3) is 0.625. The second-order valence-electron chi connectivity index (χ2n) is 6.87. The molecule has 1 aliphatic rings. The molecule has 0 aliphatic carbocycles. The summed E-state index contributed by atoms with van der Waals surface area (Å²) < 4.78 is 1.20. The Kier molecular flexibility index (Phi) is 4.77. The summed E-state index contributed by atoms with van der Waals surface area (Å²) in [7, 11) is 0. The van der Waals surface area contributed by atoms with E-state index in [4.69, 9.17) is 5.73 Å². The van der Waals surface area contributed by atoms with Crippen molar-refractivity contribution in [2.45, 2.75) is 39.7 Å². The van der Waals surface area contributed by atoms with E-state index in [1.54, 1.807) is 0 Å². The first-order valence-corrected chi connectivity index (χ1v) is 9.04. The Balaban J connectivity index is 2.26. The first kappa shape index (κ1) is 16.2. The van der Waals surface area contributed by atoms with Gasteiger partial charge in [-0.25, -0.2) is 0 Å². The first-order chi connectivity index (χ1) is 9.27. The van der Waals surface area contributed by atoms with E-state index in [0.29, 0.717) is 12.0 Å². The summed E-state index contributed by atoms with van der Waals surface area (Å²) in [5.41, 5.74) is 10.2. The molecule has 20 heavy (non-hydrogen) atoms. The van der Waals surface area contributed by atoms with Gasteiger partial charge in [-0.2, -0.15) is 11.8 Å². The molecule has 1 unspecified atom stereocenters. The molecular formula is C16H25BrN2S. The lowest BCUT2D eigenvalue weighted by Crippen LogP contribution is -2.53. The van der Waals surface area contributed by atoms with Gasteiger partial charge >= 0.3 is 0 Å². The van der Waals surface area contributed by atoms with Crippen molar-refractivity contribution in [3.63, 3.8) is 0 Å². The van der Waals surface area contributed by atoms with E-state index in [-0.39, 0.29) is 5.54 Å². The lowest BCUT2D eigenvalue weighted by atomic mass is 9.79. The van der Waals surface area contributed by atoms with E-state index >= 15 is 0 Å². The van der Waals surface area contributed by atoms with Crippen LogP contribution in [0.25, 0.3) is 0 Å². The van der Waals surface area contributed by atoms with Crippen LogP contribution in [0.5, 0.6) is 0 Å². The Hall–Kier alpha value is -0.190. The van der Waals surface area contributed by atoms with Crippen molar-refractivity contribution >= 4 is 33.4 Å². The quantitative estimate of drug-likeness (QED) is 0.845. The molecule has 0 aromatic heterocycles. The van der Waals surface area contributed by atoms with Gasteiger partial charge in [0.25, 0.3) is 0 Å². The zero-order valence-corrected chi connectivity index (χ0v) is 15.2. The highest BCUT2D eigenvalue weighted by Gasteiger charge is 2.39. The minimum atomic E-state index is 0.0130. The molecule has 4 heteroatoms. The summed E-state index contributed by atoms with van der Waals surface area (Å²) in [4.78, 5) is 0. The highest BCUT2D eigenvalue weighted by Crippen LogP contribution is 2.40. The molecule has 2 nitrogen and oxygen atoms in total. The first-order valence-electron chi connectivity index (χ1n) is 7.10. The molecule has 0 spiro atoms. The van der Waals surface area contributed by atoms with Crippen molar-refractivity contribution < 1.29 is 0 Å². The predicted octanol–water partition coefficient (Wildman–Crippen LogP) is 4.34. The van der Waals surface area contributed by atoms with Crippen LogP contribution in [0.3, 0.4) is 0 Å². The average molecular weight is 357 g/mol. The second kappa shape index (κ2) is 5.90. The van der Waals surface area contributed by atoms with Crippen LogP contribution in [-0.4, -0.2) is 23.6 Å². The third kappa shape index (κ3) is 3.52. The van der Waals surface area contributed by atoms with Gasteiger partial charge in [-0.3, -0.25) is 0 Å². The minimum absolute atomic E-state index is 0.0130. The number of nitrogens with one attached hydrogen (secondary N) is 1. The number of rotatable bonds is 3. The van der Waals surface area contributed by atoms with Gasteiger partial charge in [0.1, 0.15) is 0 Å². The smallest absolute Gasteiger partial charge is 0.0591 e. The van der Waals surface area contributed by atoms with Gasteiger partial charge in [-0.15, -0.1) is 0 Å². The van der Waals surface area contributed by atoms with Crippen LogP contribution in [-0.2, 0) is 0 Å². The van der Waals surface area contributed by atoms with Gasteiger partial charge in [0.2, 0.25) is 0 Å². The van der Waals surface area contributed by atoms with Crippen LogP contribution in [0.1, 0.15) is 31.4 Å². The summed E-state index contributed by atoms with van der Waals surface area (Å²) in [5, 5.41) is 3.74. The third-order valence-corrected chi connectivity index (χ3v) is 6.92. The summed E-state index contributed by atoms with van der Waals surface area (Å²) >= 11 is 5.64. The van der Waals surface area contributed by atoms with Crippen LogP contribution in [0.4, 0.5) is 5.69 Å². The molecule has 2 rings (SSSR count). The molecule has 1 heterocycles. The standard InChI is InChI=1S/C16H25BrN2S/c1-11-5-13(6-12(2)14(11)17)19-16(8-18)7-15(3,4)9-20-10-16/h5-6,19H,7-10,18H2,1-4H3. The van der Waals surface area contributed by atoms with Crippen molar-refractivity contribution in [2.24, 2.45) is 11.1 Å². The topological polar surface area (TPSA) is 38.0 Å². The number of hydrogen-bond acceptors (Lipinski definition) is 3. The van der Waals surface area contributed by atoms with Gasteiger partial charge in [0, 0.05) is 22.5 Å². The Labute approximate surface area is 135 Å². The molecule has 0 amide bonds. The Morgan fingerprint density at radius 3 is 2.35 bits per heavy atom. The second-order valence-corrected chi connectivity index (χ2v) is 8.65. The average Bonchev–Trinajstić information content (AvgIpc) is 2.34. The van der Waals surface area contributed by atoms with Crippen LogP contribution < -0.4 is 11.1 Å². The fourth-order valence-corrected chi connectivity index (χ4v) is 4.80. The number of hydrogen-bond donors (Lipinski definition) is 2. The SMILES string of the molecule is Cc1cc(NC2(CN)CSCC(C)(C)C2)cc(C)c1Br. The van der Waals surface area contributed by atoms with E-state index in [2.05, 4.69) is 61.1 Å². The third-order valence-electron chi connectivity index (χ3n) is 3.92. The lowest BCUT2D eigenvalue weighted by Gasteiger charge is -2.45. The molecule has 0 radical (unpaired) electrons. The molecule has 1 aromatic carbocycles. The molecule has 1 atom stereocenters. The van der Waals surface area contributed by atoms with E-state index in [0.717, 1.165) is 12.2 Å². The molecule has 1 fully saturated rings. The molecule has 3 N–H and O–H groups in total. The number of halogens is 1. The fourth-order valence-electron chi connectivity index (χ4n) is 3.13. The zero-order valence-electron chi connectivity index (χ0n) is 12.8. The summed E-state index contributed by atoms with van der Waals surface area (Å²) in [5.74, 6) is 2.30. The van der Waals surface area contributed by atoms with Crippen LogP contribution >= 0.6 is 27.7 Å². The molecule has 0 saturated carbocycles. The number of aryl methyl sites for hydroxylation is 2. The largest absolute Gasteiger partial charge is 0.377 e. The summed E-state index contributed by atoms with van der Waals surface area (Å²) in [6.45, 7) is 9.62. The van der Waals surface area contributed by atoms with E-state index in [9.17, 15) is 0 Å². The van der Waals surface area contributed by atoms with E-state index in [1.807, 2.05) is 11.8 Å². The van der Waals surface area contributed by atoms with Crippen LogP contribution in [0.15, 0.2) is 16.6 Å². The van der Waals surface area contributed by atoms with Gasteiger partial charge in [0.15, 0.2) is 0 Å². The Bertz CT molecular complexity index is 478. The normalized spacial score (nSPS) is 25.5. The van der Waals surface area contributed by atoms with Gasteiger partial charge < -0.3 is 11.1 Å². The highest BCUT2D eigenvalue weighted by molar-refractivity contribution is 9.10. The number of benzene rings is 1. The predicted molar refractivity (Wildman–Crippen MR) is 94.7 cm³/mol. The van der Waals surface area contributed by atoms with Gasteiger partial charge in [-0.1, -0.05) is 29.8 Å². The molecule has 1 saturated heterocycles.